The molecule has 18 heavy (non-hydrogen) atoms. The Morgan fingerprint density at radius 2 is 2.22 bits per heavy atom. The monoisotopic (exact) mass is 250 g/mol. The van der Waals surface area contributed by atoms with Crippen molar-refractivity contribution in [2.75, 3.05) is 11.9 Å². The predicted octanol–water partition coefficient (Wildman–Crippen LogP) is 1.29. The molecule has 2 N–H and O–H groups in total. The van der Waals surface area contributed by atoms with Crippen LogP contribution in [0, 0.1) is 0 Å². The van der Waals surface area contributed by atoms with Crippen LogP contribution in [0.15, 0.2) is 18.2 Å². The Kier molecular flexibility index (Phi) is 3.88. The summed E-state index contributed by atoms with van der Waals surface area (Å²) in [6, 6.07) is 4.45. The third kappa shape index (κ3) is 3.04. The van der Waals surface area contributed by atoms with Crippen LogP contribution >= 0.6 is 0 Å². The number of nitrogens with one attached hydrogen (secondary N) is 1. The van der Waals surface area contributed by atoms with E-state index in [1.807, 2.05) is 0 Å². The fourth-order valence-electron chi connectivity index (χ4n) is 1.78. The highest BCUT2D eigenvalue weighted by Crippen LogP contribution is 2.14. The molecule has 1 amide bonds. The Labute approximate surface area is 104 Å². The zero-order valence-corrected chi connectivity index (χ0v) is 9.76. The van der Waals surface area contributed by atoms with Gasteiger partial charge in [0.1, 0.15) is 11.9 Å². The first-order chi connectivity index (χ1) is 8.66. The Bertz CT molecular complexity index is 455. The molecule has 0 spiro atoms. The van der Waals surface area contributed by atoms with Crippen molar-refractivity contribution in [1.29, 1.82) is 0 Å². The van der Waals surface area contributed by atoms with E-state index in [0.29, 0.717) is 13.0 Å². The quantitative estimate of drug-likeness (QED) is 0.843. The number of nitrogens with zero attached hydrogens (tertiary/aromatic N) is 1. The van der Waals surface area contributed by atoms with E-state index in [1.54, 1.807) is 6.07 Å². The van der Waals surface area contributed by atoms with Crippen molar-refractivity contribution in [2.45, 2.75) is 25.4 Å². The molecule has 0 saturated carbocycles. The molecule has 96 valence electrons. The number of hydrogen-bond donors (Lipinski definition) is 2. The number of rotatable bonds is 3. The van der Waals surface area contributed by atoms with Crippen molar-refractivity contribution >= 4 is 17.7 Å². The third-order valence-electron chi connectivity index (χ3n) is 2.69. The van der Waals surface area contributed by atoms with Gasteiger partial charge in [0.25, 0.3) is 5.91 Å². The molecular weight excluding hydrogens is 236 g/mol. The topological polar surface area (TPSA) is 88.5 Å². The lowest BCUT2D eigenvalue weighted by Crippen LogP contribution is -2.33. The van der Waals surface area contributed by atoms with E-state index in [9.17, 15) is 9.59 Å². The summed E-state index contributed by atoms with van der Waals surface area (Å²) in [6.07, 6.45) is 2.15. The molecular formula is C12H14N2O4. The summed E-state index contributed by atoms with van der Waals surface area (Å²) in [7, 11) is 0. The van der Waals surface area contributed by atoms with E-state index in [2.05, 4.69) is 10.3 Å². The highest BCUT2D eigenvalue weighted by Gasteiger charge is 2.22. The van der Waals surface area contributed by atoms with E-state index in [-0.39, 0.29) is 17.4 Å². The van der Waals surface area contributed by atoms with Gasteiger partial charge in [-0.3, -0.25) is 4.79 Å². The number of pyridine rings is 1. The summed E-state index contributed by atoms with van der Waals surface area (Å²) < 4.78 is 5.33. The van der Waals surface area contributed by atoms with Gasteiger partial charge in [-0.2, -0.15) is 0 Å². The lowest BCUT2D eigenvalue weighted by Gasteiger charge is -2.21. The van der Waals surface area contributed by atoms with Crippen LogP contribution in [0.4, 0.5) is 5.82 Å². The minimum atomic E-state index is -1.12. The average Bonchev–Trinajstić information content (AvgIpc) is 2.40. The molecule has 0 aliphatic carbocycles. The Morgan fingerprint density at radius 1 is 1.39 bits per heavy atom. The fraction of sp³-hybridized carbons (Fsp3) is 0.417. The Morgan fingerprint density at radius 3 is 2.89 bits per heavy atom. The standard InChI is InChI=1S/C12H14N2O4/c15-11(9-5-1-2-7-18-9)14-10-6-3-4-8(13-10)12(16)17/h3-4,6,9H,1-2,5,7H2,(H,16,17)(H,13,14,15). The predicted molar refractivity (Wildman–Crippen MR) is 63.4 cm³/mol. The zero-order chi connectivity index (χ0) is 13.0. The smallest absolute Gasteiger partial charge is 0.354 e. The van der Waals surface area contributed by atoms with Crippen LogP contribution in [0.3, 0.4) is 0 Å². The Hall–Kier alpha value is -1.95. The summed E-state index contributed by atoms with van der Waals surface area (Å²) in [5.41, 5.74) is -0.0997. The lowest BCUT2D eigenvalue weighted by atomic mass is 10.1. The molecule has 0 radical (unpaired) electrons. The number of anilines is 1. The number of ether oxygens (including phenoxy) is 1. The van der Waals surface area contributed by atoms with Gasteiger partial charge >= 0.3 is 5.97 Å². The summed E-state index contributed by atoms with van der Waals surface area (Å²) in [4.78, 5) is 26.4. The molecule has 6 heteroatoms. The molecule has 1 aliphatic heterocycles. The van der Waals surface area contributed by atoms with Gasteiger partial charge in [0.15, 0.2) is 5.69 Å². The number of carbonyl (C=O) groups excluding carboxylic acids is 1. The molecule has 6 nitrogen and oxygen atoms in total. The first-order valence-electron chi connectivity index (χ1n) is 5.79. The highest BCUT2D eigenvalue weighted by atomic mass is 16.5. The van der Waals surface area contributed by atoms with Crippen molar-refractivity contribution < 1.29 is 19.4 Å². The van der Waals surface area contributed by atoms with Crippen LogP contribution < -0.4 is 5.32 Å². The van der Waals surface area contributed by atoms with Crippen molar-refractivity contribution in [2.24, 2.45) is 0 Å². The summed E-state index contributed by atoms with van der Waals surface area (Å²) >= 11 is 0. The second-order valence-corrected chi connectivity index (χ2v) is 4.06. The fourth-order valence-corrected chi connectivity index (χ4v) is 1.78. The SMILES string of the molecule is O=C(O)c1cccc(NC(=O)C2CCCCO2)n1. The molecule has 1 saturated heterocycles. The second kappa shape index (κ2) is 5.59. The molecule has 2 heterocycles. The molecule has 0 aromatic carbocycles. The van der Waals surface area contributed by atoms with Gasteiger partial charge in [0, 0.05) is 6.61 Å². The van der Waals surface area contributed by atoms with Crippen molar-refractivity contribution in [3.8, 4) is 0 Å². The van der Waals surface area contributed by atoms with E-state index < -0.39 is 12.1 Å². The van der Waals surface area contributed by atoms with E-state index in [4.69, 9.17) is 9.84 Å². The molecule has 1 aliphatic rings. The molecule has 1 aromatic rings. The number of carbonyl (C=O) groups is 2. The number of hydrogen-bond acceptors (Lipinski definition) is 4. The van der Waals surface area contributed by atoms with Gasteiger partial charge in [0.05, 0.1) is 0 Å². The van der Waals surface area contributed by atoms with Crippen LogP contribution in [-0.4, -0.2) is 34.7 Å². The van der Waals surface area contributed by atoms with Crippen molar-refractivity contribution in [1.82, 2.24) is 4.98 Å². The van der Waals surface area contributed by atoms with Crippen molar-refractivity contribution in [3.63, 3.8) is 0 Å². The molecule has 1 unspecified atom stereocenters. The molecule has 1 atom stereocenters. The molecule has 1 aromatic heterocycles. The molecule has 0 bridgehead atoms. The van der Waals surface area contributed by atoms with Gasteiger partial charge in [-0.05, 0) is 31.4 Å². The first kappa shape index (κ1) is 12.5. The highest BCUT2D eigenvalue weighted by molar-refractivity contribution is 5.94. The van der Waals surface area contributed by atoms with E-state index in [1.165, 1.54) is 12.1 Å². The van der Waals surface area contributed by atoms with Crippen LogP contribution in [0.2, 0.25) is 0 Å². The number of aromatic carboxylic acids is 1. The first-order valence-corrected chi connectivity index (χ1v) is 5.79. The van der Waals surface area contributed by atoms with Gasteiger partial charge < -0.3 is 15.2 Å². The minimum absolute atomic E-state index is 0.0997. The average molecular weight is 250 g/mol. The normalized spacial score (nSPS) is 19.2. The van der Waals surface area contributed by atoms with Gasteiger partial charge in [0.2, 0.25) is 0 Å². The van der Waals surface area contributed by atoms with Crippen LogP contribution in [-0.2, 0) is 9.53 Å². The number of aromatic nitrogens is 1. The minimum Gasteiger partial charge on any atom is -0.477 e. The largest absolute Gasteiger partial charge is 0.477 e. The van der Waals surface area contributed by atoms with E-state index >= 15 is 0 Å². The Balaban J connectivity index is 2.02. The van der Waals surface area contributed by atoms with Gasteiger partial charge in [-0.15, -0.1) is 0 Å². The number of carboxylic acid groups (broad SMARTS) is 1. The number of carboxylic acids is 1. The maximum Gasteiger partial charge on any atom is 0.354 e. The summed E-state index contributed by atoms with van der Waals surface area (Å²) in [6.45, 7) is 0.584. The van der Waals surface area contributed by atoms with Crippen molar-refractivity contribution in [3.05, 3.63) is 23.9 Å². The van der Waals surface area contributed by atoms with Crippen LogP contribution in [0.25, 0.3) is 0 Å². The van der Waals surface area contributed by atoms with Gasteiger partial charge in [-0.25, -0.2) is 9.78 Å². The summed E-state index contributed by atoms with van der Waals surface area (Å²) in [5.74, 6) is -1.17. The van der Waals surface area contributed by atoms with E-state index in [0.717, 1.165) is 12.8 Å². The maximum atomic E-state index is 11.8. The number of amides is 1. The van der Waals surface area contributed by atoms with Gasteiger partial charge in [-0.1, -0.05) is 6.07 Å². The summed E-state index contributed by atoms with van der Waals surface area (Å²) in [5, 5.41) is 11.4. The zero-order valence-electron chi connectivity index (χ0n) is 9.76. The van der Waals surface area contributed by atoms with Crippen LogP contribution in [0.5, 0.6) is 0 Å². The molecule has 1 fully saturated rings. The third-order valence-corrected chi connectivity index (χ3v) is 2.69. The van der Waals surface area contributed by atoms with Crippen LogP contribution in [0.1, 0.15) is 29.8 Å². The maximum absolute atomic E-state index is 11.8. The molecule has 2 rings (SSSR count). The second-order valence-electron chi connectivity index (χ2n) is 4.06. The lowest BCUT2D eigenvalue weighted by molar-refractivity contribution is -0.130.